The molecule has 2 rings (SSSR count). The van der Waals surface area contributed by atoms with Crippen LogP contribution in [0.5, 0.6) is 0 Å². The summed E-state index contributed by atoms with van der Waals surface area (Å²) in [5.74, 6) is 1.26. The van der Waals surface area contributed by atoms with Crippen LogP contribution in [0.1, 0.15) is 35.7 Å². The van der Waals surface area contributed by atoms with E-state index < -0.39 is 5.97 Å². The van der Waals surface area contributed by atoms with Crippen LogP contribution in [0.3, 0.4) is 0 Å². The van der Waals surface area contributed by atoms with Crippen molar-refractivity contribution in [2.45, 2.75) is 25.5 Å². The molecule has 1 aliphatic heterocycles. The number of carboxylic acid groups (broad SMARTS) is 1. The Bertz CT molecular complexity index is 493. The number of amides is 1. The molecular formula is C16H21NO3S. The minimum absolute atomic E-state index is 0.217. The monoisotopic (exact) mass is 307 g/mol. The normalized spacial score (nSPS) is 16.0. The lowest BCUT2D eigenvalue weighted by Crippen LogP contribution is -2.38. The second kappa shape index (κ2) is 7.50. The number of hydrogen-bond donors (Lipinski definition) is 1. The summed E-state index contributed by atoms with van der Waals surface area (Å²) < 4.78 is 0. The van der Waals surface area contributed by atoms with E-state index in [9.17, 15) is 9.59 Å². The van der Waals surface area contributed by atoms with Crippen molar-refractivity contribution in [1.82, 2.24) is 4.90 Å². The molecule has 0 saturated carbocycles. The summed E-state index contributed by atoms with van der Waals surface area (Å²) in [6.45, 7) is 4.00. The Balaban J connectivity index is 1.73. The second-order valence-corrected chi connectivity index (χ2v) is 6.54. The molecule has 1 aromatic carbocycles. The number of carbonyl (C=O) groups excluding carboxylic acids is 1. The van der Waals surface area contributed by atoms with Gasteiger partial charge in [-0.15, -0.1) is 11.8 Å². The predicted octanol–water partition coefficient (Wildman–Crippen LogP) is 2.88. The Labute approximate surface area is 129 Å². The van der Waals surface area contributed by atoms with Crippen molar-refractivity contribution in [3.05, 3.63) is 35.4 Å². The van der Waals surface area contributed by atoms with Crippen molar-refractivity contribution in [1.29, 1.82) is 0 Å². The van der Waals surface area contributed by atoms with Gasteiger partial charge < -0.3 is 10.0 Å². The van der Waals surface area contributed by atoms with Crippen LogP contribution in [-0.2, 0) is 10.5 Å². The van der Waals surface area contributed by atoms with E-state index in [1.165, 1.54) is 0 Å². The number of rotatable bonds is 5. The third-order valence-corrected chi connectivity index (χ3v) is 4.82. The number of likely N-dealkylation sites (tertiary alicyclic amines) is 1. The van der Waals surface area contributed by atoms with Gasteiger partial charge in [-0.2, -0.15) is 0 Å². The van der Waals surface area contributed by atoms with E-state index in [2.05, 4.69) is 6.92 Å². The van der Waals surface area contributed by atoms with E-state index in [1.54, 1.807) is 23.9 Å². The topological polar surface area (TPSA) is 57.6 Å². The fourth-order valence-corrected chi connectivity index (χ4v) is 3.24. The van der Waals surface area contributed by atoms with E-state index in [4.69, 9.17) is 5.11 Å². The van der Waals surface area contributed by atoms with Gasteiger partial charge in [-0.3, -0.25) is 4.79 Å². The lowest BCUT2D eigenvalue weighted by Gasteiger charge is -2.30. The number of aromatic carboxylic acids is 1. The molecule has 0 spiro atoms. The van der Waals surface area contributed by atoms with E-state index in [0.717, 1.165) is 43.2 Å². The van der Waals surface area contributed by atoms with Gasteiger partial charge in [0.05, 0.1) is 11.3 Å². The van der Waals surface area contributed by atoms with Gasteiger partial charge in [0.25, 0.3) is 0 Å². The van der Waals surface area contributed by atoms with Gasteiger partial charge in [0.2, 0.25) is 5.91 Å². The molecule has 1 amide bonds. The maximum Gasteiger partial charge on any atom is 0.335 e. The van der Waals surface area contributed by atoms with Gasteiger partial charge in [-0.1, -0.05) is 19.1 Å². The summed E-state index contributed by atoms with van der Waals surface area (Å²) in [6, 6.07) is 6.82. The van der Waals surface area contributed by atoms with Gasteiger partial charge in [0.1, 0.15) is 0 Å². The zero-order valence-corrected chi connectivity index (χ0v) is 13.1. The molecule has 4 nitrogen and oxygen atoms in total. The molecule has 0 radical (unpaired) electrons. The van der Waals surface area contributed by atoms with Crippen LogP contribution < -0.4 is 0 Å². The summed E-state index contributed by atoms with van der Waals surface area (Å²) in [7, 11) is 0. The average Bonchev–Trinajstić information content (AvgIpc) is 2.48. The highest BCUT2D eigenvalue weighted by molar-refractivity contribution is 7.99. The summed E-state index contributed by atoms with van der Waals surface area (Å²) in [5.41, 5.74) is 1.34. The fraction of sp³-hybridized carbons (Fsp3) is 0.500. The summed E-state index contributed by atoms with van der Waals surface area (Å²) in [6.07, 6.45) is 2.21. The number of thioether (sulfide) groups is 1. The molecule has 0 aliphatic carbocycles. The van der Waals surface area contributed by atoms with Crippen LogP contribution in [-0.4, -0.2) is 40.7 Å². The van der Waals surface area contributed by atoms with Gasteiger partial charge in [-0.05, 0) is 36.5 Å². The highest BCUT2D eigenvalue weighted by Crippen LogP contribution is 2.18. The van der Waals surface area contributed by atoms with Gasteiger partial charge >= 0.3 is 5.97 Å². The molecule has 5 heteroatoms. The maximum absolute atomic E-state index is 12.1. The Morgan fingerprint density at radius 2 is 1.86 bits per heavy atom. The number of benzene rings is 1. The number of hydrogen-bond acceptors (Lipinski definition) is 3. The highest BCUT2D eigenvalue weighted by Gasteiger charge is 2.19. The number of nitrogens with zero attached hydrogens (tertiary/aromatic N) is 1. The Morgan fingerprint density at radius 1 is 1.24 bits per heavy atom. The number of carbonyl (C=O) groups is 2. The number of piperidine rings is 1. The molecule has 1 aliphatic rings. The SMILES string of the molecule is CC1CCN(C(=O)CSCc2ccc(C(=O)O)cc2)CC1. The smallest absolute Gasteiger partial charge is 0.335 e. The van der Waals surface area contributed by atoms with Gasteiger partial charge in [0.15, 0.2) is 0 Å². The lowest BCUT2D eigenvalue weighted by molar-refractivity contribution is -0.129. The van der Waals surface area contributed by atoms with Crippen LogP contribution in [0, 0.1) is 5.92 Å². The molecule has 21 heavy (non-hydrogen) atoms. The molecule has 1 aromatic rings. The van der Waals surface area contributed by atoms with Crippen molar-refractivity contribution < 1.29 is 14.7 Å². The summed E-state index contributed by atoms with van der Waals surface area (Å²) >= 11 is 1.58. The van der Waals surface area contributed by atoms with E-state index in [1.807, 2.05) is 17.0 Å². The highest BCUT2D eigenvalue weighted by atomic mass is 32.2. The average molecular weight is 307 g/mol. The van der Waals surface area contributed by atoms with Crippen LogP contribution in [0.4, 0.5) is 0 Å². The van der Waals surface area contributed by atoms with Crippen molar-refractivity contribution in [3.63, 3.8) is 0 Å². The first-order valence-corrected chi connectivity index (χ1v) is 8.39. The third-order valence-electron chi connectivity index (χ3n) is 3.83. The zero-order chi connectivity index (χ0) is 15.2. The van der Waals surface area contributed by atoms with Crippen LogP contribution in [0.25, 0.3) is 0 Å². The molecular weight excluding hydrogens is 286 g/mol. The summed E-state index contributed by atoms with van der Waals surface area (Å²) in [5, 5.41) is 8.83. The zero-order valence-electron chi connectivity index (χ0n) is 12.2. The Morgan fingerprint density at radius 3 is 2.43 bits per heavy atom. The van der Waals surface area contributed by atoms with Crippen LogP contribution in [0.15, 0.2) is 24.3 Å². The molecule has 0 bridgehead atoms. The Kier molecular flexibility index (Phi) is 5.67. The van der Waals surface area contributed by atoms with Crippen molar-refractivity contribution >= 4 is 23.6 Å². The second-order valence-electron chi connectivity index (χ2n) is 5.56. The largest absolute Gasteiger partial charge is 0.478 e. The van der Waals surface area contributed by atoms with E-state index >= 15 is 0 Å². The first kappa shape index (κ1) is 15.9. The van der Waals surface area contributed by atoms with E-state index in [-0.39, 0.29) is 5.91 Å². The molecule has 1 N–H and O–H groups in total. The standard InChI is InChI=1S/C16H21NO3S/c1-12-6-8-17(9-7-12)15(18)11-21-10-13-2-4-14(5-3-13)16(19)20/h2-5,12H,6-11H2,1H3,(H,19,20). The first-order valence-electron chi connectivity index (χ1n) is 7.24. The van der Waals surface area contributed by atoms with Crippen LogP contribution in [0.2, 0.25) is 0 Å². The number of carboxylic acids is 1. The molecule has 1 saturated heterocycles. The van der Waals surface area contributed by atoms with Gasteiger partial charge in [-0.25, -0.2) is 4.79 Å². The minimum atomic E-state index is -0.913. The molecule has 0 unspecified atom stereocenters. The minimum Gasteiger partial charge on any atom is -0.478 e. The predicted molar refractivity (Wildman–Crippen MR) is 84.5 cm³/mol. The molecule has 1 heterocycles. The Hall–Kier alpha value is -1.49. The summed E-state index contributed by atoms with van der Waals surface area (Å²) in [4.78, 5) is 24.8. The lowest BCUT2D eigenvalue weighted by atomic mass is 9.99. The van der Waals surface area contributed by atoms with Gasteiger partial charge in [0, 0.05) is 18.8 Å². The first-order chi connectivity index (χ1) is 10.1. The maximum atomic E-state index is 12.1. The van der Waals surface area contributed by atoms with Crippen LogP contribution >= 0.6 is 11.8 Å². The molecule has 0 atom stereocenters. The van der Waals surface area contributed by atoms with Crippen molar-refractivity contribution in [2.75, 3.05) is 18.8 Å². The quantitative estimate of drug-likeness (QED) is 0.909. The van der Waals surface area contributed by atoms with Crippen molar-refractivity contribution in [3.8, 4) is 0 Å². The molecule has 114 valence electrons. The fourth-order valence-electron chi connectivity index (χ4n) is 2.35. The molecule has 1 fully saturated rings. The van der Waals surface area contributed by atoms with Crippen molar-refractivity contribution in [2.24, 2.45) is 5.92 Å². The molecule has 0 aromatic heterocycles. The van der Waals surface area contributed by atoms with E-state index in [0.29, 0.717) is 11.3 Å². The third kappa shape index (κ3) is 4.77.